The first kappa shape index (κ1) is 12.6. The Morgan fingerprint density at radius 1 is 1.59 bits per heavy atom. The topological polar surface area (TPSA) is 59.5 Å². The van der Waals surface area contributed by atoms with E-state index in [0.29, 0.717) is 22.9 Å². The molecule has 2 rings (SSSR count). The Bertz CT molecular complexity index is 390. The number of rotatable bonds is 3. The van der Waals surface area contributed by atoms with Crippen LogP contribution in [0.5, 0.6) is 0 Å². The molecule has 0 aliphatic carbocycles. The molecule has 0 bridgehead atoms. The van der Waals surface area contributed by atoms with Gasteiger partial charge in [-0.15, -0.1) is 0 Å². The highest BCUT2D eigenvalue weighted by Crippen LogP contribution is 2.22. The van der Waals surface area contributed by atoms with Crippen molar-refractivity contribution in [1.29, 1.82) is 0 Å². The zero-order valence-electron chi connectivity index (χ0n) is 9.69. The quantitative estimate of drug-likeness (QED) is 0.931. The minimum absolute atomic E-state index is 0.0163. The van der Waals surface area contributed by atoms with Gasteiger partial charge in [0.05, 0.1) is 0 Å². The van der Waals surface area contributed by atoms with Crippen LogP contribution in [0, 0.1) is 5.92 Å². The van der Waals surface area contributed by atoms with Crippen molar-refractivity contribution in [3.63, 3.8) is 0 Å². The van der Waals surface area contributed by atoms with Gasteiger partial charge in [0.15, 0.2) is 10.4 Å². The summed E-state index contributed by atoms with van der Waals surface area (Å²) in [6.07, 6.45) is 3.22. The standard InChI is InChI=1S/C12H17BrN2O2/c13-11-4-3-10(17-11)12(16)15-7-1-2-9(8-15)5-6-14/h3-4,9H,1-2,5-8,14H2. The van der Waals surface area contributed by atoms with Crippen molar-refractivity contribution in [3.8, 4) is 0 Å². The number of piperidine rings is 1. The third-order valence-electron chi connectivity index (χ3n) is 3.17. The monoisotopic (exact) mass is 300 g/mol. The third-order valence-corrected chi connectivity index (χ3v) is 3.59. The fourth-order valence-electron chi connectivity index (χ4n) is 2.31. The number of carbonyl (C=O) groups excluding carboxylic acids is 1. The van der Waals surface area contributed by atoms with Crippen LogP contribution in [-0.4, -0.2) is 30.4 Å². The van der Waals surface area contributed by atoms with Crippen LogP contribution in [0.15, 0.2) is 21.2 Å². The van der Waals surface area contributed by atoms with E-state index in [1.165, 1.54) is 6.42 Å². The van der Waals surface area contributed by atoms with Gasteiger partial charge in [0, 0.05) is 13.1 Å². The Morgan fingerprint density at radius 3 is 3.06 bits per heavy atom. The molecule has 0 saturated carbocycles. The predicted octanol–water partition coefficient (Wildman–Crippen LogP) is 2.24. The number of hydrogen-bond donors (Lipinski definition) is 1. The molecule has 17 heavy (non-hydrogen) atoms. The van der Waals surface area contributed by atoms with Gasteiger partial charge < -0.3 is 15.1 Å². The van der Waals surface area contributed by atoms with Crippen molar-refractivity contribution < 1.29 is 9.21 Å². The molecule has 4 nitrogen and oxygen atoms in total. The highest BCUT2D eigenvalue weighted by atomic mass is 79.9. The number of amides is 1. The normalized spacial score (nSPS) is 20.6. The van der Waals surface area contributed by atoms with Gasteiger partial charge in [0.1, 0.15) is 0 Å². The summed E-state index contributed by atoms with van der Waals surface area (Å²) >= 11 is 3.21. The Hall–Kier alpha value is -0.810. The molecule has 1 aromatic rings. The van der Waals surface area contributed by atoms with E-state index in [9.17, 15) is 4.79 Å². The Kier molecular flexibility index (Phi) is 4.23. The maximum absolute atomic E-state index is 12.1. The van der Waals surface area contributed by atoms with Crippen molar-refractivity contribution in [2.75, 3.05) is 19.6 Å². The fourth-order valence-corrected chi connectivity index (χ4v) is 2.61. The van der Waals surface area contributed by atoms with Crippen LogP contribution in [0.2, 0.25) is 0 Å². The predicted molar refractivity (Wildman–Crippen MR) is 68.7 cm³/mol. The number of furan rings is 1. The van der Waals surface area contributed by atoms with Crippen LogP contribution in [0.4, 0.5) is 0 Å². The lowest BCUT2D eigenvalue weighted by molar-refractivity contribution is 0.0636. The summed E-state index contributed by atoms with van der Waals surface area (Å²) in [5, 5.41) is 0. The molecule has 1 aromatic heterocycles. The summed E-state index contributed by atoms with van der Waals surface area (Å²) in [6, 6.07) is 3.45. The maximum atomic E-state index is 12.1. The molecule has 94 valence electrons. The SMILES string of the molecule is NCCC1CCCN(C(=O)c2ccc(Br)o2)C1. The van der Waals surface area contributed by atoms with Crippen molar-refractivity contribution in [3.05, 3.63) is 22.6 Å². The molecule has 1 saturated heterocycles. The van der Waals surface area contributed by atoms with E-state index in [2.05, 4.69) is 15.9 Å². The van der Waals surface area contributed by atoms with Gasteiger partial charge in [-0.05, 0) is 59.8 Å². The zero-order chi connectivity index (χ0) is 12.3. The molecule has 1 unspecified atom stereocenters. The molecule has 0 aromatic carbocycles. The van der Waals surface area contributed by atoms with Crippen LogP contribution in [0.1, 0.15) is 29.8 Å². The second-order valence-electron chi connectivity index (χ2n) is 4.44. The second kappa shape index (κ2) is 5.69. The van der Waals surface area contributed by atoms with E-state index in [-0.39, 0.29) is 5.91 Å². The van der Waals surface area contributed by atoms with Gasteiger partial charge in [-0.2, -0.15) is 0 Å². The van der Waals surface area contributed by atoms with Crippen molar-refractivity contribution >= 4 is 21.8 Å². The van der Waals surface area contributed by atoms with Crippen LogP contribution >= 0.6 is 15.9 Å². The number of carbonyl (C=O) groups is 1. The lowest BCUT2D eigenvalue weighted by Gasteiger charge is -2.32. The Balaban J connectivity index is 1.99. The highest BCUT2D eigenvalue weighted by Gasteiger charge is 2.25. The molecule has 0 spiro atoms. The largest absolute Gasteiger partial charge is 0.444 e. The first-order valence-electron chi connectivity index (χ1n) is 5.95. The number of hydrogen-bond acceptors (Lipinski definition) is 3. The lowest BCUT2D eigenvalue weighted by atomic mass is 9.95. The molecule has 1 fully saturated rings. The van der Waals surface area contributed by atoms with E-state index in [4.69, 9.17) is 10.2 Å². The van der Waals surface area contributed by atoms with Gasteiger partial charge in [-0.3, -0.25) is 4.79 Å². The molecule has 1 atom stereocenters. The van der Waals surface area contributed by atoms with E-state index in [1.54, 1.807) is 12.1 Å². The van der Waals surface area contributed by atoms with Crippen LogP contribution in [0.3, 0.4) is 0 Å². The molecule has 5 heteroatoms. The van der Waals surface area contributed by atoms with Gasteiger partial charge in [0.2, 0.25) is 0 Å². The summed E-state index contributed by atoms with van der Waals surface area (Å²) in [6.45, 7) is 2.31. The van der Waals surface area contributed by atoms with Crippen LogP contribution < -0.4 is 5.73 Å². The summed E-state index contributed by atoms with van der Waals surface area (Å²) < 4.78 is 5.89. The summed E-state index contributed by atoms with van der Waals surface area (Å²) in [5.41, 5.74) is 5.57. The second-order valence-corrected chi connectivity index (χ2v) is 5.22. The van der Waals surface area contributed by atoms with Gasteiger partial charge in [-0.1, -0.05) is 0 Å². The summed E-state index contributed by atoms with van der Waals surface area (Å²) in [5.74, 6) is 0.929. The average molecular weight is 301 g/mol. The van der Waals surface area contributed by atoms with E-state index in [0.717, 1.165) is 25.9 Å². The van der Waals surface area contributed by atoms with E-state index < -0.39 is 0 Å². The summed E-state index contributed by atoms with van der Waals surface area (Å²) in [4.78, 5) is 14.0. The third kappa shape index (κ3) is 3.10. The molecule has 0 radical (unpaired) electrons. The first-order valence-corrected chi connectivity index (χ1v) is 6.74. The lowest BCUT2D eigenvalue weighted by Crippen LogP contribution is -2.40. The van der Waals surface area contributed by atoms with Gasteiger partial charge >= 0.3 is 0 Å². The maximum Gasteiger partial charge on any atom is 0.289 e. The van der Waals surface area contributed by atoms with E-state index in [1.807, 2.05) is 4.90 Å². The summed E-state index contributed by atoms with van der Waals surface area (Å²) in [7, 11) is 0. The molecule has 1 amide bonds. The molecule has 2 N–H and O–H groups in total. The molecular weight excluding hydrogens is 284 g/mol. The zero-order valence-corrected chi connectivity index (χ0v) is 11.3. The number of nitrogens with zero attached hydrogens (tertiary/aromatic N) is 1. The van der Waals surface area contributed by atoms with Crippen LogP contribution in [0.25, 0.3) is 0 Å². The van der Waals surface area contributed by atoms with Crippen LogP contribution in [-0.2, 0) is 0 Å². The smallest absolute Gasteiger partial charge is 0.289 e. The van der Waals surface area contributed by atoms with Crippen molar-refractivity contribution in [2.45, 2.75) is 19.3 Å². The first-order chi connectivity index (χ1) is 8.20. The Labute approximate surface area is 109 Å². The van der Waals surface area contributed by atoms with Gasteiger partial charge in [0.25, 0.3) is 5.91 Å². The van der Waals surface area contributed by atoms with Crippen molar-refractivity contribution in [1.82, 2.24) is 4.90 Å². The average Bonchev–Trinajstić information content (AvgIpc) is 2.76. The molecule has 1 aliphatic rings. The molecular formula is C12H17BrN2O2. The Morgan fingerprint density at radius 2 is 2.41 bits per heavy atom. The number of halogens is 1. The van der Waals surface area contributed by atoms with Crippen molar-refractivity contribution in [2.24, 2.45) is 11.7 Å². The number of likely N-dealkylation sites (tertiary alicyclic amines) is 1. The van der Waals surface area contributed by atoms with Gasteiger partial charge in [-0.25, -0.2) is 0 Å². The minimum atomic E-state index is -0.0163. The molecule has 2 heterocycles. The van der Waals surface area contributed by atoms with E-state index >= 15 is 0 Å². The number of nitrogens with two attached hydrogens (primary N) is 1. The fraction of sp³-hybridized carbons (Fsp3) is 0.583. The minimum Gasteiger partial charge on any atom is -0.444 e. The molecule has 1 aliphatic heterocycles. The highest BCUT2D eigenvalue weighted by molar-refractivity contribution is 9.10.